The topological polar surface area (TPSA) is 43.6 Å². The van der Waals surface area contributed by atoms with Gasteiger partial charge in [0.2, 0.25) is 0 Å². The van der Waals surface area contributed by atoms with Crippen molar-refractivity contribution < 1.29 is 20.1 Å². The van der Waals surface area contributed by atoms with E-state index in [1.54, 1.807) is 0 Å². The van der Waals surface area contributed by atoms with Crippen LogP contribution in [0.3, 0.4) is 0 Å². The van der Waals surface area contributed by atoms with Gasteiger partial charge in [-0.2, -0.15) is 0 Å². The molecule has 7 aromatic carbocycles. The summed E-state index contributed by atoms with van der Waals surface area (Å²) in [6, 6.07) is 61.2. The molecular formula is C56H39IrN4-. The molecule has 10 aromatic rings. The molecule has 1 spiro atoms. The Morgan fingerprint density at radius 1 is 0.492 bits per heavy atom. The molecule has 3 aromatic heterocycles. The number of rotatable bonds is 5. The van der Waals surface area contributed by atoms with Gasteiger partial charge in [0.25, 0.3) is 0 Å². The predicted molar refractivity (Wildman–Crippen MR) is 244 cm³/mol. The van der Waals surface area contributed by atoms with Gasteiger partial charge in [0.05, 0.1) is 22.4 Å². The van der Waals surface area contributed by atoms with E-state index in [0.717, 1.165) is 41.1 Å². The average Bonchev–Trinajstić information content (AvgIpc) is 3.94. The molecule has 2 aliphatic rings. The summed E-state index contributed by atoms with van der Waals surface area (Å²) in [6.45, 7) is 4.47. The van der Waals surface area contributed by atoms with Crippen LogP contribution in [0.1, 0.15) is 33.6 Å². The van der Waals surface area contributed by atoms with Crippen LogP contribution in [0.5, 0.6) is 0 Å². The van der Waals surface area contributed by atoms with E-state index in [-0.39, 0.29) is 25.5 Å². The second-order valence-electron chi connectivity index (χ2n) is 16.5. The van der Waals surface area contributed by atoms with Gasteiger partial charge in [-0.3, -0.25) is 9.97 Å². The number of benzene rings is 7. The van der Waals surface area contributed by atoms with Crippen molar-refractivity contribution in [3.8, 4) is 61.5 Å². The van der Waals surface area contributed by atoms with Crippen LogP contribution in [0.4, 0.5) is 0 Å². The summed E-state index contributed by atoms with van der Waals surface area (Å²) in [7, 11) is 0. The molecule has 0 bridgehead atoms. The van der Waals surface area contributed by atoms with Gasteiger partial charge in [-0.15, -0.1) is 35.4 Å². The van der Waals surface area contributed by atoms with E-state index in [0.29, 0.717) is 0 Å². The molecule has 293 valence electrons. The third-order valence-corrected chi connectivity index (χ3v) is 13.1. The van der Waals surface area contributed by atoms with Crippen LogP contribution in [-0.4, -0.2) is 19.5 Å². The number of fused-ring (bicyclic) bond motifs is 9. The first-order chi connectivity index (χ1) is 29.5. The Balaban J connectivity index is 0.00000420. The Morgan fingerprint density at radius 2 is 1.10 bits per heavy atom. The van der Waals surface area contributed by atoms with Crippen LogP contribution >= 0.6 is 0 Å². The van der Waals surface area contributed by atoms with E-state index >= 15 is 0 Å². The summed E-state index contributed by atoms with van der Waals surface area (Å²) in [5, 5.41) is 2.55. The normalized spacial score (nSPS) is 13.3. The molecule has 4 nitrogen and oxygen atoms in total. The summed E-state index contributed by atoms with van der Waals surface area (Å²) in [6.07, 6.45) is 7.17. The molecule has 1 radical (unpaired) electrons. The minimum Gasteiger partial charge on any atom is -0.309 e. The zero-order valence-corrected chi connectivity index (χ0v) is 36.2. The first kappa shape index (κ1) is 37.2. The smallest absolute Gasteiger partial charge is 0.0631 e. The fraction of sp³-hybridized carbons (Fsp3) is 0.0893. The molecule has 12 rings (SSSR count). The van der Waals surface area contributed by atoms with Crippen LogP contribution in [0.15, 0.2) is 176 Å². The molecule has 61 heavy (non-hydrogen) atoms. The molecule has 0 N–H and O–H groups in total. The molecule has 5 heteroatoms. The summed E-state index contributed by atoms with van der Waals surface area (Å²) in [5.41, 5.74) is 22.6. The maximum atomic E-state index is 4.89. The number of hydrogen-bond donors (Lipinski definition) is 0. The molecule has 0 unspecified atom stereocenters. The zero-order valence-electron chi connectivity index (χ0n) is 33.8. The van der Waals surface area contributed by atoms with E-state index in [9.17, 15) is 0 Å². The van der Waals surface area contributed by atoms with Gasteiger partial charge in [0, 0.05) is 73.4 Å². The van der Waals surface area contributed by atoms with Crippen molar-refractivity contribution >= 4 is 21.8 Å². The van der Waals surface area contributed by atoms with E-state index in [2.05, 4.69) is 163 Å². The third-order valence-electron chi connectivity index (χ3n) is 13.1. The summed E-state index contributed by atoms with van der Waals surface area (Å²) in [4.78, 5) is 14.4. The second kappa shape index (κ2) is 14.4. The summed E-state index contributed by atoms with van der Waals surface area (Å²) in [5.74, 6) is 0. The fourth-order valence-electron chi connectivity index (χ4n) is 10.3. The van der Waals surface area contributed by atoms with Crippen LogP contribution in [-0.2, 0) is 38.4 Å². The van der Waals surface area contributed by atoms with Gasteiger partial charge < -0.3 is 9.55 Å². The van der Waals surface area contributed by atoms with E-state index < -0.39 is 0 Å². The molecule has 0 amide bonds. The molecule has 0 atom stereocenters. The second-order valence-corrected chi connectivity index (χ2v) is 16.5. The van der Waals surface area contributed by atoms with Crippen LogP contribution in [0, 0.1) is 19.9 Å². The Bertz CT molecular complexity index is 3290. The Morgan fingerprint density at radius 3 is 1.75 bits per heavy atom. The molecule has 2 aliphatic carbocycles. The van der Waals surface area contributed by atoms with Crippen molar-refractivity contribution in [3.63, 3.8) is 0 Å². The molecule has 0 fully saturated rings. The standard InChI is InChI=1S/C56H39N4.Ir/c1-35-17-18-38(37-10-9-11-41(29-37)51-14-7-8-25-57-51)30-48(35)40-20-23-45-44-22-19-39(31-49(44)56(50(45)32-40)33-52-53(34-56)59-27-26-58-52)43-24-21-42(28-36(43)2)60-54-15-5-3-12-46(54)47-13-4-6-16-55(47)60;/h3-10,12-32H,33-34H2,1-2H3;/q-1;. The van der Waals surface area contributed by atoms with Gasteiger partial charge in [0.15, 0.2) is 0 Å². The zero-order chi connectivity index (χ0) is 40.0. The third kappa shape index (κ3) is 5.87. The van der Waals surface area contributed by atoms with Gasteiger partial charge in [0.1, 0.15) is 0 Å². The minimum atomic E-state index is -0.268. The predicted octanol–water partition coefficient (Wildman–Crippen LogP) is 13.1. The van der Waals surface area contributed by atoms with Gasteiger partial charge >= 0.3 is 0 Å². The number of para-hydroxylation sites is 2. The van der Waals surface area contributed by atoms with Gasteiger partial charge in [-0.25, -0.2) is 0 Å². The van der Waals surface area contributed by atoms with Crippen molar-refractivity contribution in [2.45, 2.75) is 32.1 Å². The monoisotopic (exact) mass is 960 g/mol. The van der Waals surface area contributed by atoms with Crippen molar-refractivity contribution in [2.24, 2.45) is 0 Å². The van der Waals surface area contributed by atoms with Crippen molar-refractivity contribution in [2.75, 3.05) is 0 Å². The number of pyridine rings is 1. The van der Waals surface area contributed by atoms with Gasteiger partial charge in [-0.1, -0.05) is 91.0 Å². The molecule has 0 saturated heterocycles. The maximum absolute atomic E-state index is 4.89. The van der Waals surface area contributed by atoms with Crippen LogP contribution < -0.4 is 0 Å². The van der Waals surface area contributed by atoms with Crippen molar-refractivity contribution in [1.82, 2.24) is 19.5 Å². The van der Waals surface area contributed by atoms with Gasteiger partial charge in [-0.05, 0) is 129 Å². The van der Waals surface area contributed by atoms with Crippen LogP contribution in [0.2, 0.25) is 0 Å². The SMILES string of the molecule is Cc1cc(-n2c3ccccc3c3ccccc32)ccc1-c1ccc2c(c1)C1(Cc3nccnc3C1)c1cc(-c3cc(-c4cc[c-]c(-c5ccccn5)c4)ccc3C)ccc1-2.[Ir]. The average molecular weight is 960 g/mol. The largest absolute Gasteiger partial charge is 0.309 e. The quantitative estimate of drug-likeness (QED) is 0.161. The fourth-order valence-corrected chi connectivity index (χ4v) is 10.3. The minimum absolute atomic E-state index is 0. The van der Waals surface area contributed by atoms with E-state index in [1.807, 2.05) is 42.9 Å². The van der Waals surface area contributed by atoms with Crippen molar-refractivity contribution in [3.05, 3.63) is 216 Å². The molecule has 0 aliphatic heterocycles. The number of hydrogen-bond acceptors (Lipinski definition) is 3. The van der Waals surface area contributed by atoms with Crippen LogP contribution in [0.25, 0.3) is 83.3 Å². The Kier molecular flexibility index (Phi) is 8.82. The first-order valence-corrected chi connectivity index (χ1v) is 20.7. The summed E-state index contributed by atoms with van der Waals surface area (Å²) < 4.78 is 2.40. The molecular weight excluding hydrogens is 921 g/mol. The molecule has 0 saturated carbocycles. The van der Waals surface area contributed by atoms with E-state index in [4.69, 9.17) is 9.97 Å². The first-order valence-electron chi connectivity index (χ1n) is 20.7. The molecule has 3 heterocycles. The Hall–Kier alpha value is -6.78. The summed E-state index contributed by atoms with van der Waals surface area (Å²) >= 11 is 0. The number of aryl methyl sites for hydroxylation is 2. The number of nitrogens with zero attached hydrogens (tertiary/aromatic N) is 4. The Labute approximate surface area is 369 Å². The number of aromatic nitrogens is 4. The van der Waals surface area contributed by atoms with Crippen molar-refractivity contribution in [1.29, 1.82) is 0 Å². The van der Waals surface area contributed by atoms with E-state index in [1.165, 1.54) is 88.7 Å². The maximum Gasteiger partial charge on any atom is 0.0631 e.